The predicted octanol–water partition coefficient (Wildman–Crippen LogP) is 1.43. The number of amides is 1. The van der Waals surface area contributed by atoms with Gasteiger partial charge in [-0.15, -0.1) is 11.8 Å². The van der Waals surface area contributed by atoms with Crippen LogP contribution in [-0.4, -0.2) is 11.7 Å². The Morgan fingerprint density at radius 2 is 2.29 bits per heavy atom. The van der Waals surface area contributed by atoms with E-state index in [-0.39, 0.29) is 5.91 Å². The zero-order chi connectivity index (χ0) is 9.97. The van der Waals surface area contributed by atoms with E-state index >= 15 is 0 Å². The van der Waals surface area contributed by atoms with Crippen molar-refractivity contribution in [2.45, 2.75) is 0 Å². The Hall–Kier alpha value is -1.42. The molecular weight excluding hydrogens is 196 g/mol. The van der Waals surface area contributed by atoms with Crippen molar-refractivity contribution in [3.63, 3.8) is 0 Å². The Bertz CT molecular complexity index is 401. The van der Waals surface area contributed by atoms with E-state index in [1.54, 1.807) is 0 Å². The lowest BCUT2D eigenvalue weighted by atomic mass is 10.1. The molecule has 0 saturated carbocycles. The number of nitrogen functional groups attached to an aromatic ring is 1. The molecule has 1 amide bonds. The minimum absolute atomic E-state index is 0.0370. The number of carbonyl (C=O) groups excluding carboxylic acids is 1. The zero-order valence-corrected chi connectivity index (χ0v) is 8.30. The van der Waals surface area contributed by atoms with Gasteiger partial charge in [-0.2, -0.15) is 0 Å². The number of hydrogen-bond donors (Lipinski definition) is 2. The summed E-state index contributed by atoms with van der Waals surface area (Å²) in [5.41, 5.74) is 8.14. The monoisotopic (exact) mass is 206 g/mol. The molecule has 2 rings (SSSR count). The first-order valence-corrected chi connectivity index (χ1v) is 5.28. The van der Waals surface area contributed by atoms with E-state index in [0.717, 1.165) is 11.3 Å². The van der Waals surface area contributed by atoms with E-state index < -0.39 is 0 Å². The van der Waals surface area contributed by atoms with E-state index in [9.17, 15) is 4.79 Å². The smallest absolute Gasteiger partial charge is 0.234 e. The molecule has 14 heavy (non-hydrogen) atoms. The van der Waals surface area contributed by atoms with Crippen LogP contribution in [0.25, 0.3) is 5.70 Å². The molecule has 1 aromatic carbocycles. The first-order valence-electron chi connectivity index (χ1n) is 4.23. The highest BCUT2D eigenvalue weighted by Crippen LogP contribution is 2.21. The van der Waals surface area contributed by atoms with Gasteiger partial charge >= 0.3 is 0 Å². The lowest BCUT2D eigenvalue weighted by Gasteiger charge is -2.14. The Labute approximate surface area is 86.4 Å². The van der Waals surface area contributed by atoms with Crippen LogP contribution in [0.4, 0.5) is 5.69 Å². The molecule has 1 aliphatic rings. The number of hydrogen-bond acceptors (Lipinski definition) is 3. The van der Waals surface area contributed by atoms with Crippen LogP contribution in [0.15, 0.2) is 29.7 Å². The molecule has 3 nitrogen and oxygen atoms in total. The number of nitrogens with two attached hydrogens (primary N) is 1. The topological polar surface area (TPSA) is 55.1 Å². The average Bonchev–Trinajstić information content (AvgIpc) is 2.18. The zero-order valence-electron chi connectivity index (χ0n) is 7.49. The summed E-state index contributed by atoms with van der Waals surface area (Å²) in [5, 5.41) is 4.75. The van der Waals surface area contributed by atoms with Crippen molar-refractivity contribution in [2.24, 2.45) is 0 Å². The van der Waals surface area contributed by atoms with Crippen molar-refractivity contribution in [1.82, 2.24) is 5.32 Å². The summed E-state index contributed by atoms with van der Waals surface area (Å²) in [6.07, 6.45) is 0. The first kappa shape index (κ1) is 9.15. The molecule has 0 saturated heterocycles. The van der Waals surface area contributed by atoms with E-state index in [2.05, 4.69) is 5.32 Å². The van der Waals surface area contributed by atoms with E-state index in [0.29, 0.717) is 11.4 Å². The molecule has 0 unspecified atom stereocenters. The molecule has 72 valence electrons. The summed E-state index contributed by atoms with van der Waals surface area (Å²) in [5.74, 6) is 0.529. The van der Waals surface area contributed by atoms with E-state index in [1.165, 1.54) is 11.8 Å². The molecule has 0 aliphatic carbocycles. The van der Waals surface area contributed by atoms with Gasteiger partial charge in [0.25, 0.3) is 0 Å². The van der Waals surface area contributed by atoms with Gasteiger partial charge in [0.2, 0.25) is 5.91 Å². The summed E-state index contributed by atoms with van der Waals surface area (Å²) >= 11 is 1.50. The van der Waals surface area contributed by atoms with Crippen LogP contribution in [0, 0.1) is 0 Å². The van der Waals surface area contributed by atoms with E-state index in [1.807, 2.05) is 29.7 Å². The highest BCUT2D eigenvalue weighted by molar-refractivity contribution is 8.03. The fraction of sp³-hybridized carbons (Fsp3) is 0.100. The van der Waals surface area contributed by atoms with Gasteiger partial charge in [-0.3, -0.25) is 4.79 Å². The van der Waals surface area contributed by atoms with Crippen molar-refractivity contribution in [1.29, 1.82) is 0 Å². The van der Waals surface area contributed by atoms with Gasteiger partial charge in [-0.05, 0) is 17.5 Å². The number of benzene rings is 1. The standard InChI is InChI=1S/C10H10N2OS/c11-8-3-1-2-7(4-8)9-5-14-6-10(13)12-9/h1-5H,6,11H2,(H,12,13). The van der Waals surface area contributed by atoms with Crippen LogP contribution in [0.3, 0.4) is 0 Å². The molecule has 0 spiro atoms. The summed E-state index contributed by atoms with van der Waals surface area (Å²) in [6.45, 7) is 0. The second kappa shape index (κ2) is 3.75. The second-order valence-electron chi connectivity index (χ2n) is 3.02. The Morgan fingerprint density at radius 3 is 3.00 bits per heavy atom. The fourth-order valence-corrected chi connectivity index (χ4v) is 1.93. The molecule has 0 aromatic heterocycles. The van der Waals surface area contributed by atoms with Gasteiger partial charge in [0, 0.05) is 11.3 Å². The van der Waals surface area contributed by atoms with Gasteiger partial charge < -0.3 is 11.1 Å². The number of anilines is 1. The van der Waals surface area contributed by atoms with Crippen molar-refractivity contribution < 1.29 is 4.79 Å². The Balaban J connectivity index is 2.31. The minimum atomic E-state index is 0.0370. The summed E-state index contributed by atoms with van der Waals surface area (Å²) in [6, 6.07) is 7.46. The van der Waals surface area contributed by atoms with Gasteiger partial charge in [-0.1, -0.05) is 12.1 Å². The fourth-order valence-electron chi connectivity index (χ4n) is 1.26. The van der Waals surface area contributed by atoms with Crippen LogP contribution in [-0.2, 0) is 4.79 Å². The quantitative estimate of drug-likeness (QED) is 0.683. The summed E-state index contributed by atoms with van der Waals surface area (Å²) in [4.78, 5) is 11.1. The third kappa shape index (κ3) is 1.90. The normalized spacial score (nSPS) is 16.0. The molecule has 4 heteroatoms. The highest BCUT2D eigenvalue weighted by Gasteiger charge is 2.11. The van der Waals surface area contributed by atoms with Crippen molar-refractivity contribution in [3.05, 3.63) is 35.2 Å². The highest BCUT2D eigenvalue weighted by atomic mass is 32.2. The van der Waals surface area contributed by atoms with Crippen molar-refractivity contribution in [2.75, 3.05) is 11.5 Å². The lowest BCUT2D eigenvalue weighted by Crippen LogP contribution is -2.26. The number of carbonyl (C=O) groups is 1. The predicted molar refractivity (Wildman–Crippen MR) is 59.4 cm³/mol. The van der Waals surface area contributed by atoms with Crippen LogP contribution in [0.2, 0.25) is 0 Å². The van der Waals surface area contributed by atoms with Crippen LogP contribution < -0.4 is 11.1 Å². The molecule has 1 aliphatic heterocycles. The molecule has 0 radical (unpaired) electrons. The maximum Gasteiger partial charge on any atom is 0.234 e. The molecule has 0 bridgehead atoms. The maximum absolute atomic E-state index is 11.1. The molecule has 1 heterocycles. The van der Waals surface area contributed by atoms with Crippen LogP contribution in [0.5, 0.6) is 0 Å². The van der Waals surface area contributed by atoms with Gasteiger partial charge in [-0.25, -0.2) is 0 Å². The Morgan fingerprint density at radius 1 is 1.43 bits per heavy atom. The third-order valence-electron chi connectivity index (χ3n) is 1.89. The lowest BCUT2D eigenvalue weighted by molar-refractivity contribution is -0.117. The van der Waals surface area contributed by atoms with Gasteiger partial charge in [0.05, 0.1) is 11.4 Å². The van der Waals surface area contributed by atoms with Crippen molar-refractivity contribution >= 4 is 29.1 Å². The van der Waals surface area contributed by atoms with Crippen LogP contribution in [0.1, 0.15) is 5.56 Å². The van der Waals surface area contributed by atoms with E-state index in [4.69, 9.17) is 5.73 Å². The molecule has 3 N–H and O–H groups in total. The van der Waals surface area contributed by atoms with Gasteiger partial charge in [0.1, 0.15) is 0 Å². The second-order valence-corrected chi connectivity index (χ2v) is 3.87. The van der Waals surface area contributed by atoms with Gasteiger partial charge in [0.15, 0.2) is 0 Å². The average molecular weight is 206 g/mol. The Kier molecular flexibility index (Phi) is 2.45. The summed E-state index contributed by atoms with van der Waals surface area (Å²) in [7, 11) is 0. The molecule has 0 fully saturated rings. The third-order valence-corrected chi connectivity index (χ3v) is 2.72. The molecular formula is C10H10N2OS. The maximum atomic E-state index is 11.1. The largest absolute Gasteiger partial charge is 0.399 e. The number of rotatable bonds is 1. The number of nitrogens with one attached hydrogen (secondary N) is 1. The summed E-state index contributed by atoms with van der Waals surface area (Å²) < 4.78 is 0. The van der Waals surface area contributed by atoms with Crippen LogP contribution >= 0.6 is 11.8 Å². The number of thioether (sulfide) groups is 1. The first-order chi connectivity index (χ1) is 6.75. The van der Waals surface area contributed by atoms with Crippen molar-refractivity contribution in [3.8, 4) is 0 Å². The molecule has 1 aromatic rings. The molecule has 0 atom stereocenters. The SMILES string of the molecule is Nc1cccc(C2=CSCC(=O)N2)c1. The minimum Gasteiger partial charge on any atom is -0.399 e.